The lowest BCUT2D eigenvalue weighted by molar-refractivity contribution is -0.0714. The van der Waals surface area contributed by atoms with Gasteiger partial charge in [-0.1, -0.05) is 0 Å². The molecule has 0 heterocycles. The van der Waals surface area contributed by atoms with Gasteiger partial charge in [0, 0.05) is 6.07 Å². The van der Waals surface area contributed by atoms with Gasteiger partial charge in [-0.25, -0.2) is 9.59 Å². The first-order valence-electron chi connectivity index (χ1n) is 6.94. The average molecular weight is 323 g/mol. The van der Waals surface area contributed by atoms with Crippen LogP contribution in [-0.4, -0.2) is 44.7 Å². The van der Waals surface area contributed by atoms with Crippen LogP contribution in [0.2, 0.25) is 0 Å². The van der Waals surface area contributed by atoms with Crippen LogP contribution in [-0.2, 0) is 14.3 Å². The van der Waals surface area contributed by atoms with Crippen LogP contribution in [0.15, 0.2) is 23.2 Å². The highest BCUT2D eigenvalue weighted by atomic mass is 16.6. The van der Waals surface area contributed by atoms with E-state index >= 15 is 0 Å². The van der Waals surface area contributed by atoms with E-state index in [-0.39, 0.29) is 17.9 Å². The quantitative estimate of drug-likeness (QED) is 0.435. The fraction of sp³-hybridized carbons (Fsp3) is 0.500. The highest BCUT2D eigenvalue weighted by molar-refractivity contribution is 5.92. The third kappa shape index (κ3) is 6.10. The Labute approximate surface area is 135 Å². The molecule has 0 amide bonds. The summed E-state index contributed by atoms with van der Waals surface area (Å²) in [6, 6.07) is 4.69. The second-order valence-electron chi connectivity index (χ2n) is 5.57. The monoisotopic (exact) mass is 323 g/mol. The summed E-state index contributed by atoms with van der Waals surface area (Å²) in [7, 11) is 2.78. The Morgan fingerprint density at radius 1 is 1.30 bits per heavy atom. The molecule has 0 aliphatic heterocycles. The van der Waals surface area contributed by atoms with Crippen LogP contribution in [0.4, 0.5) is 0 Å². The van der Waals surface area contributed by atoms with E-state index < -0.39 is 17.8 Å². The molecular weight excluding hydrogens is 302 g/mol. The van der Waals surface area contributed by atoms with Gasteiger partial charge < -0.3 is 18.9 Å². The SMILES string of the molecule is COC(=O)c1ccc(OC)cc1OCC(N=C=O)OC(C)(C)C. The number of carbonyl (C=O) groups excluding carboxylic acids is 2. The average Bonchev–Trinajstić information content (AvgIpc) is 2.50. The van der Waals surface area contributed by atoms with Crippen molar-refractivity contribution < 1.29 is 28.5 Å². The fourth-order valence-electron chi connectivity index (χ4n) is 1.75. The van der Waals surface area contributed by atoms with Crippen LogP contribution in [0, 0.1) is 0 Å². The van der Waals surface area contributed by atoms with Crippen LogP contribution in [0.25, 0.3) is 0 Å². The maximum Gasteiger partial charge on any atom is 0.341 e. The largest absolute Gasteiger partial charge is 0.497 e. The summed E-state index contributed by atoms with van der Waals surface area (Å²) in [5.74, 6) is 0.217. The van der Waals surface area contributed by atoms with Gasteiger partial charge in [-0.2, -0.15) is 4.99 Å². The Hall–Kier alpha value is -2.37. The number of isocyanates is 1. The zero-order chi connectivity index (χ0) is 17.5. The molecule has 1 rings (SSSR count). The van der Waals surface area contributed by atoms with Crippen molar-refractivity contribution in [2.45, 2.75) is 32.6 Å². The predicted octanol–water partition coefficient (Wildman–Crippen LogP) is 2.34. The number of hydrogen-bond acceptors (Lipinski definition) is 7. The lowest BCUT2D eigenvalue weighted by Gasteiger charge is -2.24. The highest BCUT2D eigenvalue weighted by Gasteiger charge is 2.21. The van der Waals surface area contributed by atoms with E-state index in [0.717, 1.165) is 0 Å². The zero-order valence-electron chi connectivity index (χ0n) is 13.9. The molecule has 0 aliphatic carbocycles. The van der Waals surface area contributed by atoms with Crippen LogP contribution in [0.5, 0.6) is 11.5 Å². The molecule has 0 aromatic heterocycles. The van der Waals surface area contributed by atoms with Gasteiger partial charge >= 0.3 is 5.97 Å². The van der Waals surface area contributed by atoms with Crippen LogP contribution in [0.1, 0.15) is 31.1 Å². The Kier molecular flexibility index (Phi) is 6.75. The molecular formula is C16H21NO6. The molecule has 0 N–H and O–H groups in total. The second-order valence-corrected chi connectivity index (χ2v) is 5.57. The van der Waals surface area contributed by atoms with E-state index in [9.17, 15) is 9.59 Å². The summed E-state index contributed by atoms with van der Waals surface area (Å²) in [5.41, 5.74) is -0.286. The summed E-state index contributed by atoms with van der Waals surface area (Å²) in [5, 5.41) is 0. The predicted molar refractivity (Wildman–Crippen MR) is 82.6 cm³/mol. The Bertz CT molecular complexity index is 587. The standard InChI is InChI=1S/C16H21NO6/c1-16(2,3)23-14(17-10-18)9-22-13-8-11(20-4)6-7-12(13)15(19)21-5/h6-8,14H,9H2,1-5H3. The van der Waals surface area contributed by atoms with Gasteiger partial charge in [-0.05, 0) is 32.9 Å². The van der Waals surface area contributed by atoms with E-state index in [1.54, 1.807) is 12.1 Å². The molecule has 126 valence electrons. The topological polar surface area (TPSA) is 83.4 Å². The van der Waals surface area contributed by atoms with E-state index in [2.05, 4.69) is 4.99 Å². The maximum absolute atomic E-state index is 11.8. The number of aliphatic imine (C=N–C) groups is 1. The van der Waals surface area contributed by atoms with Gasteiger partial charge in [-0.15, -0.1) is 0 Å². The first kappa shape index (κ1) is 18.7. The molecule has 7 nitrogen and oxygen atoms in total. The molecule has 1 unspecified atom stereocenters. The van der Waals surface area contributed by atoms with Gasteiger partial charge in [0.2, 0.25) is 6.08 Å². The third-order valence-corrected chi connectivity index (χ3v) is 2.66. The molecule has 0 radical (unpaired) electrons. The van der Waals surface area contributed by atoms with E-state index in [1.165, 1.54) is 26.4 Å². The normalized spacial score (nSPS) is 12.0. The first-order valence-corrected chi connectivity index (χ1v) is 6.94. The number of hydrogen-bond donors (Lipinski definition) is 0. The summed E-state index contributed by atoms with van der Waals surface area (Å²) < 4.78 is 21.0. The van der Waals surface area contributed by atoms with Crippen molar-refractivity contribution in [3.63, 3.8) is 0 Å². The molecule has 7 heteroatoms. The van der Waals surface area contributed by atoms with E-state index in [1.807, 2.05) is 20.8 Å². The van der Waals surface area contributed by atoms with Crippen molar-refractivity contribution in [1.82, 2.24) is 0 Å². The Balaban J connectivity index is 2.96. The van der Waals surface area contributed by atoms with Crippen LogP contribution < -0.4 is 9.47 Å². The van der Waals surface area contributed by atoms with Crippen molar-refractivity contribution in [1.29, 1.82) is 0 Å². The van der Waals surface area contributed by atoms with Crippen molar-refractivity contribution >= 4 is 12.0 Å². The fourth-order valence-corrected chi connectivity index (χ4v) is 1.75. The van der Waals surface area contributed by atoms with Gasteiger partial charge in [0.05, 0.1) is 19.8 Å². The van der Waals surface area contributed by atoms with E-state index in [4.69, 9.17) is 18.9 Å². The van der Waals surface area contributed by atoms with Crippen molar-refractivity contribution in [2.75, 3.05) is 20.8 Å². The van der Waals surface area contributed by atoms with Crippen LogP contribution >= 0.6 is 0 Å². The molecule has 23 heavy (non-hydrogen) atoms. The number of ether oxygens (including phenoxy) is 4. The minimum Gasteiger partial charge on any atom is -0.497 e. The number of carbonyl (C=O) groups is 1. The minimum atomic E-state index is -0.843. The smallest absolute Gasteiger partial charge is 0.341 e. The number of esters is 1. The summed E-state index contributed by atoms with van der Waals surface area (Å²) in [6.45, 7) is 5.41. The van der Waals surface area contributed by atoms with Crippen LogP contribution in [0.3, 0.4) is 0 Å². The van der Waals surface area contributed by atoms with Gasteiger partial charge in [0.15, 0.2) is 6.23 Å². The third-order valence-electron chi connectivity index (χ3n) is 2.66. The Morgan fingerprint density at radius 3 is 2.52 bits per heavy atom. The van der Waals surface area contributed by atoms with E-state index in [0.29, 0.717) is 5.75 Å². The summed E-state index contributed by atoms with van der Waals surface area (Å²) >= 11 is 0. The second kappa shape index (κ2) is 8.31. The molecule has 0 saturated heterocycles. The van der Waals surface area contributed by atoms with Crippen molar-refractivity contribution in [2.24, 2.45) is 4.99 Å². The van der Waals surface area contributed by atoms with Crippen molar-refractivity contribution in [3.05, 3.63) is 23.8 Å². The number of nitrogens with zero attached hydrogens (tertiary/aromatic N) is 1. The molecule has 0 bridgehead atoms. The molecule has 0 spiro atoms. The maximum atomic E-state index is 11.8. The lowest BCUT2D eigenvalue weighted by Crippen LogP contribution is -2.30. The number of methoxy groups -OCH3 is 2. The summed E-state index contributed by atoms with van der Waals surface area (Å²) in [6.07, 6.45) is 0.608. The Morgan fingerprint density at radius 2 is 2.00 bits per heavy atom. The number of benzene rings is 1. The number of rotatable bonds is 7. The van der Waals surface area contributed by atoms with Gasteiger partial charge in [0.25, 0.3) is 0 Å². The molecule has 1 aromatic carbocycles. The molecule has 1 atom stereocenters. The zero-order valence-corrected chi connectivity index (χ0v) is 13.9. The van der Waals surface area contributed by atoms with Gasteiger partial charge in [-0.3, -0.25) is 0 Å². The lowest BCUT2D eigenvalue weighted by atomic mass is 10.2. The minimum absolute atomic E-state index is 0.0658. The summed E-state index contributed by atoms with van der Waals surface area (Å²) in [4.78, 5) is 25.8. The highest BCUT2D eigenvalue weighted by Crippen LogP contribution is 2.26. The molecule has 0 saturated carbocycles. The first-order chi connectivity index (χ1) is 10.8. The molecule has 1 aromatic rings. The molecule has 0 fully saturated rings. The van der Waals surface area contributed by atoms with Gasteiger partial charge in [0.1, 0.15) is 23.7 Å². The van der Waals surface area contributed by atoms with Crippen molar-refractivity contribution in [3.8, 4) is 11.5 Å². The molecule has 0 aliphatic rings.